The van der Waals surface area contributed by atoms with Gasteiger partial charge in [0, 0.05) is 0 Å². The molecule has 1 aliphatic rings. The summed E-state index contributed by atoms with van der Waals surface area (Å²) in [6.45, 7) is 0. The van der Waals surface area contributed by atoms with Crippen molar-refractivity contribution in [3.63, 3.8) is 0 Å². The van der Waals surface area contributed by atoms with E-state index in [2.05, 4.69) is 48.6 Å². The van der Waals surface area contributed by atoms with Crippen LogP contribution in [0, 0.1) is 6.07 Å². The van der Waals surface area contributed by atoms with Crippen LogP contribution in [0.2, 0.25) is 0 Å². The van der Waals surface area contributed by atoms with E-state index in [9.17, 15) is 0 Å². The van der Waals surface area contributed by atoms with Gasteiger partial charge in [-0.1, -0.05) is 36.4 Å². The third kappa shape index (κ3) is 1.07. The van der Waals surface area contributed by atoms with Crippen molar-refractivity contribution in [1.29, 1.82) is 0 Å². The summed E-state index contributed by atoms with van der Waals surface area (Å²) < 4.78 is 0. The summed E-state index contributed by atoms with van der Waals surface area (Å²) in [7, 11) is 0. The quantitative estimate of drug-likeness (QED) is 0.544. The Morgan fingerprint density at radius 3 is 2.86 bits per heavy atom. The topological polar surface area (TPSA) is 0 Å². The van der Waals surface area contributed by atoms with E-state index in [1.807, 2.05) is 0 Å². The van der Waals surface area contributed by atoms with E-state index in [1.165, 1.54) is 21.9 Å². The maximum absolute atomic E-state index is 3.35. The van der Waals surface area contributed by atoms with Crippen molar-refractivity contribution in [3.8, 4) is 0 Å². The molecule has 0 fully saturated rings. The lowest BCUT2D eigenvalue weighted by Crippen LogP contribution is -1.97. The van der Waals surface area contributed by atoms with Crippen LogP contribution in [-0.2, 0) is 12.8 Å². The Morgan fingerprint density at radius 2 is 1.86 bits per heavy atom. The molecule has 0 saturated heterocycles. The first-order valence-electron chi connectivity index (χ1n) is 5.01. The normalized spacial score (nSPS) is 14.3. The summed E-state index contributed by atoms with van der Waals surface area (Å²) in [5, 5.41) is 2.61. The Hall–Kier alpha value is -1.56. The fourth-order valence-electron chi connectivity index (χ4n) is 2.13. The van der Waals surface area contributed by atoms with Crippen LogP contribution in [0.4, 0.5) is 0 Å². The Morgan fingerprint density at radius 1 is 1.00 bits per heavy atom. The van der Waals surface area contributed by atoms with Gasteiger partial charge in [0.25, 0.3) is 0 Å². The molecule has 0 N–H and O–H groups in total. The van der Waals surface area contributed by atoms with Crippen molar-refractivity contribution in [2.24, 2.45) is 0 Å². The Balaban J connectivity index is 2.37. The molecule has 0 heterocycles. The van der Waals surface area contributed by atoms with E-state index in [1.54, 1.807) is 0 Å². The molecule has 0 spiro atoms. The molecular formula is C14H11. The van der Waals surface area contributed by atoms with Crippen molar-refractivity contribution in [2.75, 3.05) is 0 Å². The summed E-state index contributed by atoms with van der Waals surface area (Å²) in [6, 6.07) is 14.0. The predicted molar refractivity (Wildman–Crippen MR) is 59.3 cm³/mol. The monoisotopic (exact) mass is 179 g/mol. The van der Waals surface area contributed by atoms with E-state index in [0.717, 1.165) is 12.8 Å². The molecule has 2 aromatic rings. The van der Waals surface area contributed by atoms with Crippen molar-refractivity contribution < 1.29 is 0 Å². The van der Waals surface area contributed by atoms with Crippen LogP contribution in [0.15, 0.2) is 42.5 Å². The van der Waals surface area contributed by atoms with Gasteiger partial charge in [0.1, 0.15) is 0 Å². The largest absolute Gasteiger partial charge is 0.0838 e. The molecule has 2 aromatic carbocycles. The summed E-state index contributed by atoms with van der Waals surface area (Å²) in [4.78, 5) is 0. The van der Waals surface area contributed by atoms with Gasteiger partial charge < -0.3 is 0 Å². The molecule has 67 valence electrons. The first-order valence-corrected chi connectivity index (χ1v) is 5.01. The van der Waals surface area contributed by atoms with Crippen LogP contribution in [-0.4, -0.2) is 0 Å². The van der Waals surface area contributed by atoms with E-state index >= 15 is 0 Å². The number of benzene rings is 2. The first kappa shape index (κ1) is 7.81. The second-order valence-corrected chi connectivity index (χ2v) is 3.72. The van der Waals surface area contributed by atoms with E-state index < -0.39 is 0 Å². The van der Waals surface area contributed by atoms with Gasteiger partial charge in [-0.05, 0) is 46.9 Å². The summed E-state index contributed by atoms with van der Waals surface area (Å²) in [6.07, 6.45) is 6.64. The van der Waals surface area contributed by atoms with E-state index in [4.69, 9.17) is 0 Å². The van der Waals surface area contributed by atoms with E-state index in [0.29, 0.717) is 0 Å². The lowest BCUT2D eigenvalue weighted by molar-refractivity contribution is 1.11. The van der Waals surface area contributed by atoms with Gasteiger partial charge in [0.05, 0.1) is 0 Å². The highest BCUT2D eigenvalue weighted by atomic mass is 14.1. The standard InChI is InChI=1S/C14H11/c1-3-7-13-11(5-1)9-10-12-6-2-4-8-14(12)13/h1-5,7,10H,6,8H2. The highest BCUT2D eigenvalue weighted by molar-refractivity contribution is 5.86. The van der Waals surface area contributed by atoms with Gasteiger partial charge in [0.2, 0.25) is 0 Å². The number of hydrogen-bond acceptors (Lipinski definition) is 0. The van der Waals surface area contributed by atoms with Crippen LogP contribution in [0.25, 0.3) is 10.8 Å². The average molecular weight is 179 g/mol. The minimum atomic E-state index is 1.07. The molecule has 0 unspecified atom stereocenters. The molecular weight excluding hydrogens is 168 g/mol. The van der Waals surface area contributed by atoms with Crippen molar-refractivity contribution in [2.45, 2.75) is 12.8 Å². The van der Waals surface area contributed by atoms with Gasteiger partial charge in [-0.3, -0.25) is 0 Å². The van der Waals surface area contributed by atoms with Crippen molar-refractivity contribution >= 4 is 10.8 Å². The van der Waals surface area contributed by atoms with Crippen LogP contribution >= 0.6 is 0 Å². The number of hydrogen-bond donors (Lipinski definition) is 0. The molecule has 0 heteroatoms. The van der Waals surface area contributed by atoms with E-state index in [-0.39, 0.29) is 0 Å². The molecule has 0 bridgehead atoms. The molecule has 0 atom stereocenters. The number of allylic oxidation sites excluding steroid dienone is 2. The fraction of sp³-hybridized carbons (Fsp3) is 0.143. The molecule has 0 saturated carbocycles. The minimum absolute atomic E-state index is 1.07. The maximum Gasteiger partial charge on any atom is -0.00883 e. The highest BCUT2D eigenvalue weighted by Gasteiger charge is 2.07. The third-order valence-corrected chi connectivity index (χ3v) is 2.87. The van der Waals surface area contributed by atoms with Gasteiger partial charge in [0.15, 0.2) is 0 Å². The lowest BCUT2D eigenvalue weighted by Gasteiger charge is -2.13. The molecule has 14 heavy (non-hydrogen) atoms. The first-order chi connectivity index (χ1) is 6.95. The second-order valence-electron chi connectivity index (χ2n) is 3.72. The molecule has 1 aliphatic carbocycles. The van der Waals surface area contributed by atoms with Crippen molar-refractivity contribution in [3.05, 3.63) is 59.7 Å². The maximum atomic E-state index is 3.35. The third-order valence-electron chi connectivity index (χ3n) is 2.87. The summed E-state index contributed by atoms with van der Waals surface area (Å²) in [5.41, 5.74) is 2.92. The Bertz CT molecular complexity index is 506. The smallest absolute Gasteiger partial charge is 0.00883 e. The van der Waals surface area contributed by atoms with Gasteiger partial charge in [-0.2, -0.15) is 0 Å². The zero-order chi connectivity index (χ0) is 9.38. The van der Waals surface area contributed by atoms with Gasteiger partial charge >= 0.3 is 0 Å². The van der Waals surface area contributed by atoms with Crippen LogP contribution in [0.3, 0.4) is 0 Å². The summed E-state index contributed by atoms with van der Waals surface area (Å²) >= 11 is 0. The molecule has 0 aromatic heterocycles. The minimum Gasteiger partial charge on any atom is -0.0838 e. The molecule has 0 amide bonds. The van der Waals surface area contributed by atoms with Gasteiger partial charge in [-0.25, -0.2) is 0 Å². The summed E-state index contributed by atoms with van der Waals surface area (Å²) in [5.74, 6) is 0. The molecule has 3 rings (SSSR count). The SMILES string of the molecule is [c]1cc2c(c3ccccc13)CC=CC2. The Kier molecular flexibility index (Phi) is 1.66. The fourth-order valence-corrected chi connectivity index (χ4v) is 2.13. The zero-order valence-electron chi connectivity index (χ0n) is 7.96. The van der Waals surface area contributed by atoms with Crippen molar-refractivity contribution in [1.82, 2.24) is 0 Å². The van der Waals surface area contributed by atoms with Gasteiger partial charge in [-0.15, -0.1) is 0 Å². The van der Waals surface area contributed by atoms with Crippen LogP contribution in [0.1, 0.15) is 11.1 Å². The second kappa shape index (κ2) is 2.98. The average Bonchev–Trinajstić information content (AvgIpc) is 2.29. The lowest BCUT2D eigenvalue weighted by atomic mass is 9.92. The predicted octanol–water partition coefficient (Wildman–Crippen LogP) is 3.29. The number of fused-ring (bicyclic) bond motifs is 3. The van der Waals surface area contributed by atoms with Crippen LogP contribution < -0.4 is 0 Å². The highest BCUT2D eigenvalue weighted by Crippen LogP contribution is 2.25. The zero-order valence-corrected chi connectivity index (χ0v) is 7.96. The molecule has 0 aliphatic heterocycles. The molecule has 0 nitrogen and oxygen atoms in total. The number of rotatable bonds is 0. The molecule has 1 radical (unpaired) electrons. The van der Waals surface area contributed by atoms with Crippen LogP contribution in [0.5, 0.6) is 0 Å². The Labute approximate surface area is 83.9 Å².